The third-order valence-electron chi connectivity index (χ3n) is 6.16. The summed E-state index contributed by atoms with van der Waals surface area (Å²) in [5.41, 5.74) is 4.31. The van der Waals surface area contributed by atoms with E-state index in [-0.39, 0.29) is 18.0 Å². The maximum atomic E-state index is 13.3. The molecular weight excluding hydrogens is 466 g/mol. The molecule has 4 aromatic rings. The lowest BCUT2D eigenvalue weighted by Crippen LogP contribution is -2.35. The molecule has 8 heteroatoms. The van der Waals surface area contributed by atoms with Crippen molar-refractivity contribution in [3.63, 3.8) is 0 Å². The number of carbonyl (C=O) groups is 2. The summed E-state index contributed by atoms with van der Waals surface area (Å²) in [5, 5.41) is 13.3. The first-order valence-electron chi connectivity index (χ1n) is 12.4. The number of aromatic nitrogens is 2. The Labute approximate surface area is 215 Å². The van der Waals surface area contributed by atoms with E-state index in [0.717, 1.165) is 30.6 Å². The number of nitrogens with zero attached hydrogens (tertiary/aromatic N) is 2. The molecular formula is C29H29N5O3. The van der Waals surface area contributed by atoms with E-state index >= 15 is 0 Å². The maximum Gasteiger partial charge on any atom is 0.319 e. The van der Waals surface area contributed by atoms with Crippen molar-refractivity contribution in [1.82, 2.24) is 15.1 Å². The number of anilines is 2. The highest BCUT2D eigenvalue weighted by atomic mass is 16.5. The van der Waals surface area contributed by atoms with Gasteiger partial charge in [0.05, 0.1) is 18.2 Å². The number of amides is 3. The lowest BCUT2D eigenvalue weighted by Gasteiger charge is -2.12. The van der Waals surface area contributed by atoms with Crippen molar-refractivity contribution in [2.75, 3.05) is 23.8 Å². The molecule has 8 nitrogen and oxygen atoms in total. The van der Waals surface area contributed by atoms with Crippen molar-refractivity contribution in [2.45, 2.75) is 25.5 Å². The van der Waals surface area contributed by atoms with Gasteiger partial charge in [-0.3, -0.25) is 9.48 Å². The Hall–Kier alpha value is -4.43. The molecule has 3 aromatic carbocycles. The largest absolute Gasteiger partial charge is 0.376 e. The summed E-state index contributed by atoms with van der Waals surface area (Å²) in [6.07, 6.45) is 3.85. The minimum atomic E-state index is -0.286. The van der Waals surface area contributed by atoms with E-state index in [1.165, 1.54) is 0 Å². The normalized spacial score (nSPS) is 14.8. The predicted octanol–water partition coefficient (Wildman–Crippen LogP) is 5.15. The highest BCUT2D eigenvalue weighted by Gasteiger charge is 2.19. The van der Waals surface area contributed by atoms with Gasteiger partial charge in [0, 0.05) is 36.3 Å². The molecule has 1 saturated heterocycles. The molecule has 2 heterocycles. The summed E-state index contributed by atoms with van der Waals surface area (Å²) in [7, 11) is 0. The first-order chi connectivity index (χ1) is 18.1. The van der Waals surface area contributed by atoms with Crippen LogP contribution < -0.4 is 16.0 Å². The molecule has 1 atom stereocenters. The number of carbonyl (C=O) groups excluding carboxylic acids is 2. The summed E-state index contributed by atoms with van der Waals surface area (Å²) in [4.78, 5) is 25.5. The minimum Gasteiger partial charge on any atom is -0.376 e. The van der Waals surface area contributed by atoms with Gasteiger partial charge in [-0.1, -0.05) is 60.7 Å². The van der Waals surface area contributed by atoms with Crippen molar-refractivity contribution in [2.24, 2.45) is 0 Å². The van der Waals surface area contributed by atoms with Crippen LogP contribution in [-0.2, 0) is 11.3 Å². The van der Waals surface area contributed by atoms with Crippen LogP contribution in [0, 0.1) is 0 Å². The number of rotatable bonds is 8. The van der Waals surface area contributed by atoms with Gasteiger partial charge in [-0.15, -0.1) is 0 Å². The highest BCUT2D eigenvalue weighted by Crippen LogP contribution is 2.24. The molecule has 188 valence electrons. The van der Waals surface area contributed by atoms with Crippen LogP contribution >= 0.6 is 0 Å². The number of ether oxygens (including phenoxy) is 1. The number of hydrogen-bond acceptors (Lipinski definition) is 4. The average molecular weight is 496 g/mol. The SMILES string of the molecule is O=C(NCC1CCCO1)Nc1ccc(NC(=O)c2cn(Cc3ccccc3)nc2-c2ccccc2)cc1. The highest BCUT2D eigenvalue weighted by molar-refractivity contribution is 6.08. The molecule has 0 spiro atoms. The standard InChI is InChI=1S/C29H29N5O3/c35-28(31-23-13-15-24(16-14-23)32-29(36)30-18-25-12-7-17-37-25)26-20-34(19-21-8-3-1-4-9-21)33-27(26)22-10-5-2-6-11-22/h1-6,8-11,13-16,20,25H,7,12,17-19H2,(H,31,35)(H2,30,32,36). The van der Waals surface area contributed by atoms with Gasteiger partial charge in [-0.05, 0) is 42.7 Å². The fraction of sp³-hybridized carbons (Fsp3) is 0.207. The van der Waals surface area contributed by atoms with Crippen LogP contribution in [0.15, 0.2) is 91.1 Å². The van der Waals surface area contributed by atoms with Crippen molar-refractivity contribution in [3.8, 4) is 11.3 Å². The molecule has 1 aromatic heterocycles. The van der Waals surface area contributed by atoms with Gasteiger partial charge in [0.25, 0.3) is 5.91 Å². The second-order valence-electron chi connectivity index (χ2n) is 8.94. The zero-order valence-electron chi connectivity index (χ0n) is 20.4. The Morgan fingerprint density at radius 2 is 1.57 bits per heavy atom. The van der Waals surface area contributed by atoms with E-state index in [0.29, 0.717) is 35.7 Å². The van der Waals surface area contributed by atoms with E-state index in [9.17, 15) is 9.59 Å². The number of urea groups is 1. The Morgan fingerprint density at radius 1 is 0.892 bits per heavy atom. The van der Waals surface area contributed by atoms with E-state index in [1.807, 2.05) is 60.7 Å². The molecule has 1 aliphatic rings. The van der Waals surface area contributed by atoms with Gasteiger partial charge in [0.1, 0.15) is 5.69 Å². The van der Waals surface area contributed by atoms with Crippen molar-refractivity contribution in [1.29, 1.82) is 0 Å². The minimum absolute atomic E-state index is 0.0844. The van der Waals surface area contributed by atoms with Crippen molar-refractivity contribution >= 4 is 23.3 Å². The molecule has 0 saturated carbocycles. The smallest absolute Gasteiger partial charge is 0.319 e. The van der Waals surface area contributed by atoms with Gasteiger partial charge in [-0.2, -0.15) is 5.10 Å². The van der Waals surface area contributed by atoms with Crippen LogP contribution in [0.3, 0.4) is 0 Å². The third-order valence-corrected chi connectivity index (χ3v) is 6.16. The van der Waals surface area contributed by atoms with E-state index in [1.54, 1.807) is 35.1 Å². The predicted molar refractivity (Wildman–Crippen MR) is 144 cm³/mol. The second-order valence-corrected chi connectivity index (χ2v) is 8.94. The average Bonchev–Trinajstić information content (AvgIpc) is 3.60. The van der Waals surface area contributed by atoms with Gasteiger partial charge >= 0.3 is 6.03 Å². The summed E-state index contributed by atoms with van der Waals surface area (Å²) < 4.78 is 7.31. The van der Waals surface area contributed by atoms with Crippen molar-refractivity contribution in [3.05, 3.63) is 102 Å². The Kier molecular flexibility index (Phi) is 7.57. The number of hydrogen-bond donors (Lipinski definition) is 3. The maximum absolute atomic E-state index is 13.3. The zero-order chi connectivity index (χ0) is 25.5. The summed E-state index contributed by atoms with van der Waals surface area (Å²) in [6, 6.07) is 26.4. The molecule has 0 bridgehead atoms. The lowest BCUT2D eigenvalue weighted by molar-refractivity contribution is 0.102. The molecule has 5 rings (SSSR count). The third kappa shape index (κ3) is 6.42. The molecule has 3 N–H and O–H groups in total. The number of benzene rings is 3. The van der Waals surface area contributed by atoms with Crippen LogP contribution in [0.4, 0.5) is 16.2 Å². The molecule has 1 fully saturated rings. The van der Waals surface area contributed by atoms with Crippen molar-refractivity contribution < 1.29 is 14.3 Å². The van der Waals surface area contributed by atoms with Crippen LogP contribution in [-0.4, -0.2) is 41.0 Å². The van der Waals surface area contributed by atoms with Gasteiger partial charge in [0.2, 0.25) is 0 Å². The summed E-state index contributed by atoms with van der Waals surface area (Å²) in [6.45, 7) is 1.80. The molecule has 3 amide bonds. The fourth-order valence-electron chi connectivity index (χ4n) is 4.27. The van der Waals surface area contributed by atoms with Crippen LogP contribution in [0.5, 0.6) is 0 Å². The zero-order valence-corrected chi connectivity index (χ0v) is 20.4. The van der Waals surface area contributed by atoms with Crippen LogP contribution in [0.1, 0.15) is 28.8 Å². The monoisotopic (exact) mass is 495 g/mol. The van der Waals surface area contributed by atoms with E-state index in [2.05, 4.69) is 16.0 Å². The first kappa shape index (κ1) is 24.3. The topological polar surface area (TPSA) is 97.3 Å². The molecule has 1 aliphatic heterocycles. The van der Waals surface area contributed by atoms with Gasteiger partial charge in [-0.25, -0.2) is 4.79 Å². The first-order valence-corrected chi connectivity index (χ1v) is 12.4. The van der Waals surface area contributed by atoms with E-state index < -0.39 is 0 Å². The Balaban J connectivity index is 1.26. The fourth-order valence-corrected chi connectivity index (χ4v) is 4.27. The number of nitrogens with one attached hydrogen (secondary N) is 3. The molecule has 0 radical (unpaired) electrons. The van der Waals surface area contributed by atoms with Crippen LogP contribution in [0.25, 0.3) is 11.3 Å². The van der Waals surface area contributed by atoms with E-state index in [4.69, 9.17) is 9.84 Å². The molecule has 0 aliphatic carbocycles. The molecule has 1 unspecified atom stereocenters. The second kappa shape index (κ2) is 11.5. The Morgan fingerprint density at radius 3 is 2.24 bits per heavy atom. The summed E-state index contributed by atoms with van der Waals surface area (Å²) in [5.74, 6) is -0.256. The van der Waals surface area contributed by atoms with Gasteiger partial charge < -0.3 is 20.7 Å². The lowest BCUT2D eigenvalue weighted by atomic mass is 10.1. The van der Waals surface area contributed by atoms with Crippen LogP contribution in [0.2, 0.25) is 0 Å². The quantitative estimate of drug-likeness (QED) is 0.315. The molecule has 37 heavy (non-hydrogen) atoms. The van der Waals surface area contributed by atoms with Gasteiger partial charge in [0.15, 0.2) is 0 Å². The Bertz CT molecular complexity index is 1330. The summed E-state index contributed by atoms with van der Waals surface area (Å²) >= 11 is 0.